The molecule has 2 aromatic heterocycles. The highest BCUT2D eigenvalue weighted by Crippen LogP contribution is 2.26. The molecule has 1 aliphatic heterocycles. The van der Waals surface area contributed by atoms with E-state index in [-0.39, 0.29) is 0 Å². The van der Waals surface area contributed by atoms with Crippen molar-refractivity contribution in [1.82, 2.24) is 20.1 Å². The van der Waals surface area contributed by atoms with Crippen molar-refractivity contribution in [2.75, 3.05) is 13.1 Å². The smallest absolute Gasteiger partial charge is 0.153 e. The third-order valence-corrected chi connectivity index (χ3v) is 4.39. The van der Waals surface area contributed by atoms with E-state index in [4.69, 9.17) is 0 Å². The van der Waals surface area contributed by atoms with E-state index in [9.17, 15) is 0 Å². The molecule has 0 aliphatic carbocycles. The lowest BCUT2D eigenvalue weighted by molar-refractivity contribution is 0.203. The molecule has 18 heavy (non-hydrogen) atoms. The van der Waals surface area contributed by atoms with Crippen LogP contribution in [0.2, 0.25) is 0 Å². The lowest BCUT2D eigenvalue weighted by atomic mass is 9.96. The number of H-pyrrole nitrogens is 1. The molecule has 1 N–H and O–H groups in total. The van der Waals surface area contributed by atoms with Crippen molar-refractivity contribution in [1.29, 1.82) is 0 Å². The SMILES string of the molecule is Cc1nc(C2CCN(Cc3cccs3)CC2)n[nH]1. The zero-order valence-electron chi connectivity index (χ0n) is 10.6. The number of thiophene rings is 1. The molecule has 4 nitrogen and oxygen atoms in total. The summed E-state index contributed by atoms with van der Waals surface area (Å²) in [5.74, 6) is 2.46. The second-order valence-corrected chi connectivity index (χ2v) is 5.94. The monoisotopic (exact) mass is 262 g/mol. The predicted octanol–water partition coefficient (Wildman–Crippen LogP) is 2.55. The van der Waals surface area contributed by atoms with Gasteiger partial charge in [-0.3, -0.25) is 10.00 Å². The quantitative estimate of drug-likeness (QED) is 0.924. The normalized spacial score (nSPS) is 18.3. The Morgan fingerprint density at radius 3 is 2.89 bits per heavy atom. The number of rotatable bonds is 3. The van der Waals surface area contributed by atoms with Crippen molar-refractivity contribution >= 4 is 11.3 Å². The van der Waals surface area contributed by atoms with Gasteiger partial charge in [0.25, 0.3) is 0 Å². The van der Waals surface area contributed by atoms with Gasteiger partial charge in [0.2, 0.25) is 0 Å². The summed E-state index contributed by atoms with van der Waals surface area (Å²) < 4.78 is 0. The summed E-state index contributed by atoms with van der Waals surface area (Å²) in [7, 11) is 0. The first-order valence-electron chi connectivity index (χ1n) is 6.45. The van der Waals surface area contributed by atoms with Gasteiger partial charge in [0, 0.05) is 17.3 Å². The zero-order valence-corrected chi connectivity index (χ0v) is 11.4. The van der Waals surface area contributed by atoms with Gasteiger partial charge in [0.05, 0.1) is 0 Å². The first kappa shape index (κ1) is 11.9. The van der Waals surface area contributed by atoms with Crippen LogP contribution in [0, 0.1) is 6.92 Å². The van der Waals surface area contributed by atoms with E-state index in [2.05, 4.69) is 37.6 Å². The molecule has 0 unspecified atom stereocenters. The Morgan fingerprint density at radius 1 is 1.44 bits per heavy atom. The van der Waals surface area contributed by atoms with Crippen LogP contribution in [-0.2, 0) is 6.54 Å². The molecule has 0 spiro atoms. The fourth-order valence-electron chi connectivity index (χ4n) is 2.51. The molecule has 0 saturated carbocycles. The van der Waals surface area contributed by atoms with Crippen LogP contribution in [0.3, 0.4) is 0 Å². The average Bonchev–Trinajstić information content (AvgIpc) is 3.02. The molecule has 0 bridgehead atoms. The summed E-state index contributed by atoms with van der Waals surface area (Å²) in [6, 6.07) is 4.35. The summed E-state index contributed by atoms with van der Waals surface area (Å²) in [5.41, 5.74) is 0. The van der Waals surface area contributed by atoms with Gasteiger partial charge in [-0.1, -0.05) is 6.07 Å². The van der Waals surface area contributed by atoms with E-state index >= 15 is 0 Å². The van der Waals surface area contributed by atoms with Crippen molar-refractivity contribution in [3.63, 3.8) is 0 Å². The number of likely N-dealkylation sites (tertiary alicyclic amines) is 1. The van der Waals surface area contributed by atoms with Gasteiger partial charge in [0.1, 0.15) is 5.82 Å². The average molecular weight is 262 g/mol. The molecule has 3 heterocycles. The largest absolute Gasteiger partial charge is 0.298 e. The van der Waals surface area contributed by atoms with E-state index in [1.54, 1.807) is 0 Å². The number of aromatic nitrogens is 3. The molecule has 0 amide bonds. The standard InChI is InChI=1S/C13H18N4S/c1-10-14-13(16-15-10)11-4-6-17(7-5-11)9-12-3-2-8-18-12/h2-3,8,11H,4-7,9H2,1H3,(H,14,15,16). The molecule has 1 fully saturated rings. The number of hydrogen-bond donors (Lipinski definition) is 1. The first-order valence-corrected chi connectivity index (χ1v) is 7.33. The third-order valence-electron chi connectivity index (χ3n) is 3.53. The minimum Gasteiger partial charge on any atom is -0.298 e. The summed E-state index contributed by atoms with van der Waals surface area (Å²) in [4.78, 5) is 8.44. The van der Waals surface area contributed by atoms with Crippen LogP contribution in [0.25, 0.3) is 0 Å². The highest BCUT2D eigenvalue weighted by molar-refractivity contribution is 7.09. The predicted molar refractivity (Wildman–Crippen MR) is 72.7 cm³/mol. The molecule has 0 aromatic carbocycles. The Bertz CT molecular complexity index is 483. The molecule has 2 aromatic rings. The number of aryl methyl sites for hydroxylation is 1. The summed E-state index contributed by atoms with van der Waals surface area (Å²) >= 11 is 1.85. The molecule has 1 saturated heterocycles. The van der Waals surface area contributed by atoms with Gasteiger partial charge in [-0.05, 0) is 44.3 Å². The Kier molecular flexibility index (Phi) is 3.43. The minimum absolute atomic E-state index is 0.537. The highest BCUT2D eigenvalue weighted by atomic mass is 32.1. The van der Waals surface area contributed by atoms with Gasteiger partial charge in [-0.25, -0.2) is 4.98 Å². The maximum absolute atomic E-state index is 4.45. The van der Waals surface area contributed by atoms with Crippen LogP contribution in [-0.4, -0.2) is 33.2 Å². The van der Waals surface area contributed by atoms with Gasteiger partial charge < -0.3 is 0 Å². The number of hydrogen-bond acceptors (Lipinski definition) is 4. The van der Waals surface area contributed by atoms with E-state index in [0.717, 1.165) is 31.3 Å². The molecule has 0 radical (unpaired) electrons. The van der Waals surface area contributed by atoms with Crippen LogP contribution in [0.4, 0.5) is 0 Å². The number of nitrogens with zero attached hydrogens (tertiary/aromatic N) is 3. The Hall–Kier alpha value is -1.20. The van der Waals surface area contributed by atoms with Crippen molar-refractivity contribution in [3.8, 4) is 0 Å². The number of piperidine rings is 1. The van der Waals surface area contributed by atoms with Crippen LogP contribution in [0.1, 0.15) is 35.3 Å². The fourth-order valence-corrected chi connectivity index (χ4v) is 3.26. The molecular formula is C13H18N4S. The Morgan fingerprint density at radius 2 is 2.28 bits per heavy atom. The van der Waals surface area contributed by atoms with Crippen LogP contribution >= 0.6 is 11.3 Å². The van der Waals surface area contributed by atoms with Crippen molar-refractivity contribution in [3.05, 3.63) is 34.0 Å². The van der Waals surface area contributed by atoms with Crippen LogP contribution in [0.15, 0.2) is 17.5 Å². The molecule has 3 rings (SSSR count). The van der Waals surface area contributed by atoms with Gasteiger partial charge >= 0.3 is 0 Å². The van der Waals surface area contributed by atoms with Crippen molar-refractivity contribution < 1.29 is 0 Å². The van der Waals surface area contributed by atoms with Crippen molar-refractivity contribution in [2.24, 2.45) is 0 Å². The summed E-state index contributed by atoms with van der Waals surface area (Å²) in [5, 5.41) is 9.38. The van der Waals surface area contributed by atoms with E-state index in [1.165, 1.54) is 17.7 Å². The van der Waals surface area contributed by atoms with Gasteiger partial charge in [-0.15, -0.1) is 11.3 Å². The van der Waals surface area contributed by atoms with E-state index in [1.807, 2.05) is 18.3 Å². The van der Waals surface area contributed by atoms with E-state index < -0.39 is 0 Å². The Balaban J connectivity index is 1.55. The van der Waals surface area contributed by atoms with E-state index in [0.29, 0.717) is 5.92 Å². The first-order chi connectivity index (χ1) is 8.81. The number of nitrogens with one attached hydrogen (secondary N) is 1. The maximum Gasteiger partial charge on any atom is 0.153 e. The Labute approximate surface area is 111 Å². The van der Waals surface area contributed by atoms with Crippen LogP contribution in [0.5, 0.6) is 0 Å². The molecule has 5 heteroatoms. The van der Waals surface area contributed by atoms with Gasteiger partial charge in [0.15, 0.2) is 5.82 Å². The fraction of sp³-hybridized carbons (Fsp3) is 0.538. The molecule has 96 valence electrons. The topological polar surface area (TPSA) is 44.8 Å². The summed E-state index contributed by atoms with van der Waals surface area (Å²) in [6.07, 6.45) is 2.34. The highest BCUT2D eigenvalue weighted by Gasteiger charge is 2.23. The lowest BCUT2D eigenvalue weighted by Crippen LogP contribution is -2.32. The van der Waals surface area contributed by atoms with Gasteiger partial charge in [-0.2, -0.15) is 5.10 Å². The molecule has 1 aliphatic rings. The second kappa shape index (κ2) is 5.20. The third kappa shape index (κ3) is 2.62. The molecular weight excluding hydrogens is 244 g/mol. The second-order valence-electron chi connectivity index (χ2n) is 4.91. The lowest BCUT2D eigenvalue weighted by Gasteiger charge is -2.30. The molecule has 0 atom stereocenters. The summed E-state index contributed by atoms with van der Waals surface area (Å²) in [6.45, 7) is 5.35. The van der Waals surface area contributed by atoms with Crippen molar-refractivity contribution in [2.45, 2.75) is 32.2 Å². The zero-order chi connectivity index (χ0) is 12.4. The minimum atomic E-state index is 0.537. The van der Waals surface area contributed by atoms with Crippen LogP contribution < -0.4 is 0 Å². The number of aromatic amines is 1. The maximum atomic E-state index is 4.45.